The van der Waals surface area contributed by atoms with Gasteiger partial charge >= 0.3 is 0 Å². The zero-order chi connectivity index (χ0) is 13.2. The lowest BCUT2D eigenvalue weighted by atomic mass is 9.92. The molecule has 1 aliphatic heterocycles. The zero-order valence-electron chi connectivity index (χ0n) is 11.3. The van der Waals surface area contributed by atoms with E-state index in [4.69, 9.17) is 0 Å². The van der Waals surface area contributed by atoms with E-state index < -0.39 is 11.7 Å². The Morgan fingerprint density at radius 3 is 2.50 bits per heavy atom. The highest BCUT2D eigenvalue weighted by Crippen LogP contribution is 2.32. The van der Waals surface area contributed by atoms with Crippen molar-refractivity contribution in [3.8, 4) is 0 Å². The van der Waals surface area contributed by atoms with E-state index in [1.54, 1.807) is 0 Å². The normalized spacial score (nSPS) is 20.8. The van der Waals surface area contributed by atoms with Crippen LogP contribution in [0.25, 0.3) is 0 Å². The van der Waals surface area contributed by atoms with Crippen molar-refractivity contribution >= 4 is 5.69 Å². The molecule has 0 bridgehead atoms. The smallest absolute Gasteiger partial charge is 0.0807 e. The van der Waals surface area contributed by atoms with Crippen LogP contribution in [0.1, 0.15) is 44.8 Å². The fourth-order valence-corrected chi connectivity index (χ4v) is 2.51. The number of piperidine rings is 1. The number of rotatable bonds is 3. The van der Waals surface area contributed by atoms with E-state index in [-0.39, 0.29) is 0 Å². The van der Waals surface area contributed by atoms with Crippen molar-refractivity contribution in [2.45, 2.75) is 44.8 Å². The second-order valence-electron chi connectivity index (χ2n) is 5.47. The third-order valence-electron chi connectivity index (χ3n) is 3.86. The average Bonchev–Trinajstić information content (AvgIpc) is 2.38. The molecule has 1 aliphatic rings. The molecule has 0 unspecified atom stereocenters. The van der Waals surface area contributed by atoms with Gasteiger partial charge in [-0.2, -0.15) is 0 Å². The number of nitrogens with zero attached hydrogens (tertiary/aromatic N) is 1. The summed E-state index contributed by atoms with van der Waals surface area (Å²) in [6.45, 7) is 5.58. The number of benzene rings is 1. The lowest BCUT2D eigenvalue weighted by Gasteiger charge is -2.38. The zero-order valence-corrected chi connectivity index (χ0v) is 11.3. The van der Waals surface area contributed by atoms with E-state index in [9.17, 15) is 10.2 Å². The minimum atomic E-state index is -0.533. The Labute approximate surface area is 109 Å². The Morgan fingerprint density at radius 1 is 1.28 bits per heavy atom. The van der Waals surface area contributed by atoms with Crippen LogP contribution in [-0.2, 0) is 0 Å². The van der Waals surface area contributed by atoms with Gasteiger partial charge in [0, 0.05) is 24.3 Å². The molecule has 1 fully saturated rings. The van der Waals surface area contributed by atoms with Crippen LogP contribution in [0.2, 0.25) is 0 Å². The lowest BCUT2D eigenvalue weighted by molar-refractivity contribution is 0.0350. The van der Waals surface area contributed by atoms with Gasteiger partial charge in [0.25, 0.3) is 0 Å². The predicted molar refractivity (Wildman–Crippen MR) is 73.8 cm³/mol. The van der Waals surface area contributed by atoms with E-state index >= 15 is 0 Å². The first-order chi connectivity index (χ1) is 8.53. The molecule has 0 aromatic heterocycles. The highest BCUT2D eigenvalue weighted by Gasteiger charge is 2.28. The van der Waals surface area contributed by atoms with Crippen molar-refractivity contribution in [1.29, 1.82) is 0 Å². The maximum absolute atomic E-state index is 10.1. The van der Waals surface area contributed by atoms with Gasteiger partial charge in [0.05, 0.1) is 11.7 Å². The van der Waals surface area contributed by atoms with Crippen molar-refractivity contribution < 1.29 is 10.2 Å². The van der Waals surface area contributed by atoms with Crippen molar-refractivity contribution in [2.24, 2.45) is 0 Å². The summed E-state index contributed by atoms with van der Waals surface area (Å²) < 4.78 is 0. The maximum Gasteiger partial charge on any atom is 0.0807 e. The summed E-state index contributed by atoms with van der Waals surface area (Å²) in [5, 5.41) is 20.1. The Bertz CT molecular complexity index is 393. The molecule has 1 aromatic rings. The van der Waals surface area contributed by atoms with E-state index in [0.717, 1.165) is 43.6 Å². The SMILES string of the molecule is CC[C@@H](O)c1ccccc1N1CCC(C)(O)CC1. The summed E-state index contributed by atoms with van der Waals surface area (Å²) >= 11 is 0. The van der Waals surface area contributed by atoms with E-state index in [0.29, 0.717) is 0 Å². The summed E-state index contributed by atoms with van der Waals surface area (Å²) in [5.74, 6) is 0. The van der Waals surface area contributed by atoms with Gasteiger partial charge in [-0.1, -0.05) is 25.1 Å². The number of anilines is 1. The molecule has 2 rings (SSSR count). The molecule has 1 heterocycles. The van der Waals surface area contributed by atoms with Crippen LogP contribution in [0.3, 0.4) is 0 Å². The second-order valence-corrected chi connectivity index (χ2v) is 5.47. The van der Waals surface area contributed by atoms with Gasteiger partial charge in [-0.15, -0.1) is 0 Å². The number of aliphatic hydroxyl groups is 2. The van der Waals surface area contributed by atoms with Gasteiger partial charge in [-0.05, 0) is 32.3 Å². The summed E-state index contributed by atoms with van der Waals surface area (Å²) in [5.41, 5.74) is 1.58. The second kappa shape index (κ2) is 5.29. The van der Waals surface area contributed by atoms with Crippen LogP contribution in [-0.4, -0.2) is 28.9 Å². The van der Waals surface area contributed by atoms with Crippen LogP contribution in [0.4, 0.5) is 5.69 Å². The molecule has 0 saturated carbocycles. The fraction of sp³-hybridized carbons (Fsp3) is 0.600. The van der Waals surface area contributed by atoms with Gasteiger partial charge in [0.15, 0.2) is 0 Å². The van der Waals surface area contributed by atoms with Gasteiger partial charge in [-0.3, -0.25) is 0 Å². The Hall–Kier alpha value is -1.06. The highest BCUT2D eigenvalue weighted by atomic mass is 16.3. The quantitative estimate of drug-likeness (QED) is 0.865. The molecule has 0 amide bonds. The lowest BCUT2D eigenvalue weighted by Crippen LogP contribution is -2.42. The summed E-state index contributed by atoms with van der Waals surface area (Å²) in [6.07, 6.45) is 1.89. The van der Waals surface area contributed by atoms with Crippen molar-refractivity contribution in [3.05, 3.63) is 29.8 Å². The van der Waals surface area contributed by atoms with E-state index in [1.165, 1.54) is 0 Å². The van der Waals surface area contributed by atoms with Crippen LogP contribution in [0, 0.1) is 0 Å². The molecule has 3 nitrogen and oxygen atoms in total. The molecular weight excluding hydrogens is 226 g/mol. The van der Waals surface area contributed by atoms with Crippen molar-refractivity contribution in [3.63, 3.8) is 0 Å². The largest absolute Gasteiger partial charge is 0.390 e. The monoisotopic (exact) mass is 249 g/mol. The summed E-state index contributed by atoms with van der Waals surface area (Å²) in [6, 6.07) is 8.04. The minimum absolute atomic E-state index is 0.399. The van der Waals surface area contributed by atoms with Crippen LogP contribution in [0.5, 0.6) is 0 Å². The molecule has 3 heteroatoms. The number of aliphatic hydroxyl groups excluding tert-OH is 1. The molecule has 0 spiro atoms. The first kappa shape index (κ1) is 13.4. The molecule has 100 valence electrons. The van der Waals surface area contributed by atoms with E-state index in [2.05, 4.69) is 11.0 Å². The standard InChI is InChI=1S/C15H23NO2/c1-3-14(17)12-6-4-5-7-13(12)16-10-8-15(2,18)9-11-16/h4-7,14,17-18H,3,8-11H2,1-2H3/t14-/m1/s1. The molecule has 1 saturated heterocycles. The maximum atomic E-state index is 10.1. The topological polar surface area (TPSA) is 43.7 Å². The fourth-order valence-electron chi connectivity index (χ4n) is 2.51. The molecule has 0 radical (unpaired) electrons. The average molecular weight is 249 g/mol. The molecular formula is C15H23NO2. The Balaban J connectivity index is 2.19. The predicted octanol–water partition coefficient (Wildman–Crippen LogP) is 2.48. The number of hydrogen-bond donors (Lipinski definition) is 2. The van der Waals surface area contributed by atoms with Gasteiger partial charge in [-0.25, -0.2) is 0 Å². The minimum Gasteiger partial charge on any atom is -0.390 e. The summed E-state index contributed by atoms with van der Waals surface area (Å²) in [4.78, 5) is 2.27. The van der Waals surface area contributed by atoms with Crippen LogP contribution >= 0.6 is 0 Å². The third kappa shape index (κ3) is 2.85. The number of hydrogen-bond acceptors (Lipinski definition) is 3. The van der Waals surface area contributed by atoms with Gasteiger partial charge in [0.1, 0.15) is 0 Å². The molecule has 18 heavy (non-hydrogen) atoms. The number of para-hydroxylation sites is 1. The van der Waals surface area contributed by atoms with Crippen LogP contribution < -0.4 is 4.90 Å². The van der Waals surface area contributed by atoms with Crippen molar-refractivity contribution in [1.82, 2.24) is 0 Å². The van der Waals surface area contributed by atoms with Crippen molar-refractivity contribution in [2.75, 3.05) is 18.0 Å². The van der Waals surface area contributed by atoms with Gasteiger partial charge < -0.3 is 15.1 Å². The first-order valence-corrected chi connectivity index (χ1v) is 6.78. The van der Waals surface area contributed by atoms with E-state index in [1.807, 2.05) is 32.0 Å². The van der Waals surface area contributed by atoms with Crippen LogP contribution in [0.15, 0.2) is 24.3 Å². The molecule has 0 aliphatic carbocycles. The highest BCUT2D eigenvalue weighted by molar-refractivity contribution is 5.55. The third-order valence-corrected chi connectivity index (χ3v) is 3.86. The Morgan fingerprint density at radius 2 is 1.89 bits per heavy atom. The molecule has 1 aromatic carbocycles. The first-order valence-electron chi connectivity index (χ1n) is 6.78. The van der Waals surface area contributed by atoms with Gasteiger partial charge in [0.2, 0.25) is 0 Å². The Kier molecular flexibility index (Phi) is 3.93. The molecule has 1 atom stereocenters. The summed E-state index contributed by atoms with van der Waals surface area (Å²) in [7, 11) is 0. The molecule has 2 N–H and O–H groups in total.